The van der Waals surface area contributed by atoms with E-state index in [-0.39, 0.29) is 12.0 Å². The predicted molar refractivity (Wildman–Crippen MR) is 103 cm³/mol. The summed E-state index contributed by atoms with van der Waals surface area (Å²) in [5, 5.41) is 2.76. The molecule has 1 atom stereocenters. The fraction of sp³-hybridized carbons (Fsp3) is 0.611. The molecule has 0 unspecified atom stereocenters. The summed E-state index contributed by atoms with van der Waals surface area (Å²) in [6.07, 6.45) is 1.86. The molecule has 1 aromatic carbocycles. The van der Waals surface area contributed by atoms with Crippen molar-refractivity contribution in [2.24, 2.45) is 0 Å². The van der Waals surface area contributed by atoms with E-state index in [1.165, 1.54) is 0 Å². The molecule has 1 aliphatic rings. The minimum absolute atomic E-state index is 0.135. The third kappa shape index (κ3) is 6.00. The molecule has 0 aromatic heterocycles. The van der Waals surface area contributed by atoms with Crippen molar-refractivity contribution in [1.82, 2.24) is 5.32 Å². The van der Waals surface area contributed by atoms with E-state index in [4.69, 9.17) is 14.2 Å². The second-order valence-corrected chi connectivity index (χ2v) is 8.49. The fourth-order valence-corrected chi connectivity index (χ4v) is 3.90. The van der Waals surface area contributed by atoms with Crippen molar-refractivity contribution >= 4 is 21.6 Å². The molecule has 8 nitrogen and oxygen atoms in total. The summed E-state index contributed by atoms with van der Waals surface area (Å²) in [7, 11) is -3.68. The van der Waals surface area contributed by atoms with Crippen molar-refractivity contribution in [3.63, 3.8) is 0 Å². The summed E-state index contributed by atoms with van der Waals surface area (Å²) in [6.45, 7) is 7.22. The standard InChI is InChI=1S/C18H28N2O6S/c1-13(2)24-9-5-8-19-18(21)14(3)20(27(4,22)23)15-6-7-16-17(12-15)26-11-10-25-16/h6-7,12-14H,5,8-11H2,1-4H3,(H,19,21)/t14-/m1/s1. The van der Waals surface area contributed by atoms with E-state index < -0.39 is 16.1 Å². The van der Waals surface area contributed by atoms with Crippen molar-refractivity contribution in [3.8, 4) is 11.5 Å². The molecule has 1 aromatic rings. The van der Waals surface area contributed by atoms with Gasteiger partial charge in [-0.25, -0.2) is 8.42 Å². The van der Waals surface area contributed by atoms with Gasteiger partial charge in [-0.15, -0.1) is 0 Å². The molecule has 1 amide bonds. The molecule has 2 rings (SSSR count). The van der Waals surface area contributed by atoms with Crippen LogP contribution in [0.4, 0.5) is 5.69 Å². The average Bonchev–Trinajstić information content (AvgIpc) is 2.59. The number of benzene rings is 1. The van der Waals surface area contributed by atoms with E-state index >= 15 is 0 Å². The monoisotopic (exact) mass is 400 g/mol. The Morgan fingerprint density at radius 1 is 1.22 bits per heavy atom. The highest BCUT2D eigenvalue weighted by atomic mass is 32.2. The molecule has 0 fully saturated rings. The molecule has 1 N–H and O–H groups in total. The topological polar surface area (TPSA) is 94.2 Å². The second-order valence-electron chi connectivity index (χ2n) is 6.63. The molecular weight excluding hydrogens is 372 g/mol. The molecule has 0 aliphatic carbocycles. The average molecular weight is 400 g/mol. The molecule has 0 saturated carbocycles. The van der Waals surface area contributed by atoms with Crippen LogP contribution in [-0.4, -0.2) is 59.1 Å². The number of carbonyl (C=O) groups excluding carboxylic acids is 1. The summed E-state index contributed by atoms with van der Waals surface area (Å²) in [5.41, 5.74) is 0.354. The first-order valence-corrected chi connectivity index (χ1v) is 10.8. The zero-order valence-electron chi connectivity index (χ0n) is 16.2. The molecule has 1 aliphatic heterocycles. The van der Waals surface area contributed by atoms with Crippen LogP contribution in [0.15, 0.2) is 18.2 Å². The highest BCUT2D eigenvalue weighted by Gasteiger charge is 2.30. The SMILES string of the molecule is CC(C)OCCCNC(=O)[C@@H](C)N(c1ccc2c(c1)OCCO2)S(C)(=O)=O. The molecule has 27 heavy (non-hydrogen) atoms. The number of ether oxygens (including phenoxy) is 3. The fourth-order valence-electron chi connectivity index (χ4n) is 2.73. The van der Waals surface area contributed by atoms with Crippen LogP contribution in [0.5, 0.6) is 11.5 Å². The summed E-state index contributed by atoms with van der Waals surface area (Å²) in [5.74, 6) is 0.645. The first kappa shape index (κ1) is 21.3. The maximum atomic E-state index is 12.5. The Kier molecular flexibility index (Phi) is 7.32. The Hall–Kier alpha value is -2.00. The van der Waals surface area contributed by atoms with E-state index in [9.17, 15) is 13.2 Å². The van der Waals surface area contributed by atoms with Gasteiger partial charge in [0.2, 0.25) is 15.9 Å². The Bertz CT molecular complexity index is 750. The number of hydrogen-bond acceptors (Lipinski definition) is 6. The lowest BCUT2D eigenvalue weighted by Gasteiger charge is -2.29. The second kappa shape index (κ2) is 9.27. The lowest BCUT2D eigenvalue weighted by molar-refractivity contribution is -0.121. The number of nitrogens with one attached hydrogen (secondary N) is 1. The molecule has 1 heterocycles. The van der Waals surface area contributed by atoms with Crippen molar-refractivity contribution in [1.29, 1.82) is 0 Å². The van der Waals surface area contributed by atoms with E-state index in [1.807, 2.05) is 13.8 Å². The van der Waals surface area contributed by atoms with E-state index in [2.05, 4.69) is 5.32 Å². The van der Waals surface area contributed by atoms with Crippen LogP contribution in [-0.2, 0) is 19.6 Å². The maximum absolute atomic E-state index is 12.5. The van der Waals surface area contributed by atoms with Crippen molar-refractivity contribution in [2.45, 2.75) is 39.3 Å². The van der Waals surface area contributed by atoms with Gasteiger partial charge in [0.05, 0.1) is 18.0 Å². The predicted octanol–water partition coefficient (Wildman–Crippen LogP) is 1.54. The summed E-state index contributed by atoms with van der Waals surface area (Å²) < 4.78 is 42.2. The first-order chi connectivity index (χ1) is 12.7. The van der Waals surface area contributed by atoms with Gasteiger partial charge in [-0.3, -0.25) is 9.10 Å². The van der Waals surface area contributed by atoms with Crippen LogP contribution >= 0.6 is 0 Å². The Morgan fingerprint density at radius 3 is 2.52 bits per heavy atom. The normalized spacial score (nSPS) is 14.7. The van der Waals surface area contributed by atoms with Crippen molar-refractivity contribution < 1.29 is 27.4 Å². The van der Waals surface area contributed by atoms with E-state index in [1.54, 1.807) is 25.1 Å². The quantitative estimate of drug-likeness (QED) is 0.632. The Labute approximate surface area is 160 Å². The van der Waals surface area contributed by atoms with Crippen LogP contribution in [0.1, 0.15) is 27.2 Å². The van der Waals surface area contributed by atoms with Crippen LogP contribution < -0.4 is 19.1 Å². The van der Waals surface area contributed by atoms with E-state index in [0.29, 0.717) is 50.0 Å². The number of amides is 1. The highest BCUT2D eigenvalue weighted by Crippen LogP contribution is 2.35. The number of fused-ring (bicyclic) bond motifs is 1. The van der Waals surface area contributed by atoms with Crippen molar-refractivity contribution in [3.05, 3.63) is 18.2 Å². The third-order valence-corrected chi connectivity index (χ3v) is 5.18. The minimum Gasteiger partial charge on any atom is -0.486 e. The van der Waals surface area contributed by atoms with Gasteiger partial charge in [-0.2, -0.15) is 0 Å². The molecular formula is C18H28N2O6S. The summed E-state index contributed by atoms with van der Waals surface area (Å²) in [4.78, 5) is 12.5. The number of anilines is 1. The van der Waals surface area contributed by atoms with E-state index in [0.717, 1.165) is 10.6 Å². The number of hydrogen-bond donors (Lipinski definition) is 1. The van der Waals surface area contributed by atoms with Gasteiger partial charge in [0.1, 0.15) is 19.3 Å². The van der Waals surface area contributed by atoms with Crippen molar-refractivity contribution in [2.75, 3.05) is 36.9 Å². The minimum atomic E-state index is -3.68. The number of carbonyl (C=O) groups is 1. The zero-order chi connectivity index (χ0) is 20.0. The number of sulfonamides is 1. The van der Waals surface area contributed by atoms with Crippen LogP contribution in [0.2, 0.25) is 0 Å². The van der Waals surface area contributed by atoms with Crippen LogP contribution in [0.3, 0.4) is 0 Å². The largest absolute Gasteiger partial charge is 0.486 e. The molecule has 0 spiro atoms. The molecule has 0 bridgehead atoms. The maximum Gasteiger partial charge on any atom is 0.243 e. The molecule has 0 saturated heterocycles. The van der Waals surface area contributed by atoms with Gasteiger partial charge < -0.3 is 19.5 Å². The lowest BCUT2D eigenvalue weighted by atomic mass is 10.2. The zero-order valence-corrected chi connectivity index (χ0v) is 17.0. The Morgan fingerprint density at radius 2 is 1.89 bits per heavy atom. The summed E-state index contributed by atoms with van der Waals surface area (Å²) >= 11 is 0. The van der Waals surface area contributed by atoms with Gasteiger partial charge in [0.25, 0.3) is 0 Å². The first-order valence-electron chi connectivity index (χ1n) is 8.98. The summed E-state index contributed by atoms with van der Waals surface area (Å²) in [6, 6.07) is 3.93. The van der Waals surface area contributed by atoms with Gasteiger partial charge in [-0.1, -0.05) is 0 Å². The number of nitrogens with zero attached hydrogens (tertiary/aromatic N) is 1. The van der Waals surface area contributed by atoms with Gasteiger partial charge in [0, 0.05) is 19.2 Å². The molecule has 0 radical (unpaired) electrons. The van der Waals surface area contributed by atoms with Gasteiger partial charge >= 0.3 is 0 Å². The van der Waals surface area contributed by atoms with Crippen LogP contribution in [0, 0.1) is 0 Å². The molecule has 9 heteroatoms. The molecule has 152 valence electrons. The number of rotatable bonds is 9. The van der Waals surface area contributed by atoms with Gasteiger partial charge in [-0.05, 0) is 39.3 Å². The Balaban J connectivity index is 2.08. The highest BCUT2D eigenvalue weighted by molar-refractivity contribution is 7.92. The third-order valence-electron chi connectivity index (χ3n) is 3.94. The lowest BCUT2D eigenvalue weighted by Crippen LogP contribution is -2.48. The van der Waals surface area contributed by atoms with Crippen LogP contribution in [0.25, 0.3) is 0 Å². The van der Waals surface area contributed by atoms with Gasteiger partial charge in [0.15, 0.2) is 11.5 Å². The smallest absolute Gasteiger partial charge is 0.243 e.